The second kappa shape index (κ2) is 13.0. The number of ether oxygens (including phenoxy) is 1. The van der Waals surface area contributed by atoms with Crippen molar-refractivity contribution < 1.29 is 23.5 Å². The topological polar surface area (TPSA) is 73.4 Å². The van der Waals surface area contributed by atoms with E-state index in [9.17, 15) is 18.8 Å². The Labute approximate surface area is 252 Å². The van der Waals surface area contributed by atoms with Crippen molar-refractivity contribution in [3.8, 4) is 0 Å². The molecule has 0 bridgehead atoms. The molecular formula is C32H40ClFN4O4. The third kappa shape index (κ3) is 6.89. The summed E-state index contributed by atoms with van der Waals surface area (Å²) < 4.78 is 19.7. The smallest absolute Gasteiger partial charge is 0.414 e. The lowest BCUT2D eigenvalue weighted by atomic mass is 10.0. The third-order valence-corrected chi connectivity index (χ3v) is 9.38. The maximum absolute atomic E-state index is 13.8. The Kier molecular flexibility index (Phi) is 9.38. The van der Waals surface area contributed by atoms with Gasteiger partial charge in [0.05, 0.1) is 0 Å². The van der Waals surface area contributed by atoms with Crippen LogP contribution in [0, 0.1) is 31.5 Å². The molecule has 0 N–H and O–H groups in total. The number of hydrogen-bond acceptors (Lipinski definition) is 5. The van der Waals surface area contributed by atoms with E-state index < -0.39 is 11.9 Å². The van der Waals surface area contributed by atoms with Crippen LogP contribution in [-0.2, 0) is 9.53 Å². The van der Waals surface area contributed by atoms with Crippen molar-refractivity contribution in [3.63, 3.8) is 0 Å². The summed E-state index contributed by atoms with van der Waals surface area (Å²) >= 11 is 6.41. The average Bonchev–Trinajstić information content (AvgIpc) is 3.53. The predicted molar refractivity (Wildman–Crippen MR) is 160 cm³/mol. The Morgan fingerprint density at radius 1 is 0.952 bits per heavy atom. The summed E-state index contributed by atoms with van der Waals surface area (Å²) in [6, 6.07) is 9.99. The van der Waals surface area contributed by atoms with Crippen molar-refractivity contribution in [2.45, 2.75) is 46.1 Å². The number of carbonyl (C=O) groups is 3. The van der Waals surface area contributed by atoms with Crippen LogP contribution >= 0.6 is 11.6 Å². The summed E-state index contributed by atoms with van der Waals surface area (Å²) in [7, 11) is 0. The fraction of sp³-hybridized carbons (Fsp3) is 0.531. The molecule has 0 radical (unpaired) electrons. The molecule has 10 heteroatoms. The van der Waals surface area contributed by atoms with Gasteiger partial charge in [0.25, 0.3) is 5.91 Å². The molecule has 2 aromatic rings. The highest BCUT2D eigenvalue weighted by molar-refractivity contribution is 6.31. The molecule has 3 fully saturated rings. The van der Waals surface area contributed by atoms with Gasteiger partial charge < -0.3 is 19.4 Å². The summed E-state index contributed by atoms with van der Waals surface area (Å²) in [5.74, 6) is 0.341. The maximum atomic E-state index is 13.8. The lowest BCUT2D eigenvalue weighted by Gasteiger charge is -2.32. The van der Waals surface area contributed by atoms with Crippen molar-refractivity contribution in [3.05, 3.63) is 63.9 Å². The van der Waals surface area contributed by atoms with Crippen molar-refractivity contribution in [1.29, 1.82) is 0 Å². The standard InChI is InChI=1S/C32H40ClFN4O4/c1-21-5-7-26(34)15-29(21)31(40)37-19-24-17-35(18-25(24)20-37)11-4-12-38(27-8-6-22(2)30(33)16-27)32(41)42-28-9-13-36(14-10-28)23(3)39/h5-8,15-16,24-25,28H,4,9-14,17-20H2,1-3H3. The van der Waals surface area contributed by atoms with Gasteiger partial charge >= 0.3 is 6.09 Å². The van der Waals surface area contributed by atoms with Gasteiger partial charge in [0.1, 0.15) is 11.9 Å². The van der Waals surface area contributed by atoms with Crippen LogP contribution in [0.25, 0.3) is 0 Å². The van der Waals surface area contributed by atoms with Gasteiger partial charge in [0, 0.05) is 81.9 Å². The number of fused-ring (bicyclic) bond motifs is 1. The number of anilines is 1. The molecule has 0 aromatic heterocycles. The minimum Gasteiger partial charge on any atom is -0.446 e. The fourth-order valence-electron chi connectivity index (χ4n) is 6.46. The number of hydrogen-bond donors (Lipinski definition) is 0. The highest BCUT2D eigenvalue weighted by Crippen LogP contribution is 2.33. The molecule has 2 atom stereocenters. The number of amides is 3. The number of benzene rings is 2. The van der Waals surface area contributed by atoms with Crippen LogP contribution in [0.5, 0.6) is 0 Å². The fourth-order valence-corrected chi connectivity index (χ4v) is 6.63. The lowest BCUT2D eigenvalue weighted by molar-refractivity contribution is -0.130. The van der Waals surface area contributed by atoms with Crippen LogP contribution in [0.1, 0.15) is 47.7 Å². The SMILES string of the molecule is CC(=O)N1CCC(OC(=O)N(CCCN2CC3CN(C(=O)c4cc(F)ccc4C)CC3C2)c2ccc(C)c(Cl)c2)CC1. The number of aryl methyl sites for hydroxylation is 2. The first-order chi connectivity index (χ1) is 20.1. The van der Waals surface area contributed by atoms with Crippen LogP contribution in [-0.4, -0.2) is 91.1 Å². The summed E-state index contributed by atoms with van der Waals surface area (Å²) in [6.07, 6.45) is 1.40. The molecule has 0 spiro atoms. The number of halogens is 2. The van der Waals surface area contributed by atoms with Crippen LogP contribution in [0.4, 0.5) is 14.9 Å². The summed E-state index contributed by atoms with van der Waals surface area (Å²) in [5.41, 5.74) is 2.88. The van der Waals surface area contributed by atoms with E-state index in [0.717, 1.165) is 37.2 Å². The third-order valence-electron chi connectivity index (χ3n) is 8.98. The average molecular weight is 599 g/mol. The Morgan fingerprint density at radius 3 is 2.26 bits per heavy atom. The van der Waals surface area contributed by atoms with Gasteiger partial charge in [0.15, 0.2) is 0 Å². The monoisotopic (exact) mass is 598 g/mol. The number of piperidine rings is 1. The Hall–Kier alpha value is -3.17. The normalized spacial score (nSPS) is 21.0. The van der Waals surface area contributed by atoms with Gasteiger partial charge in [-0.1, -0.05) is 23.7 Å². The van der Waals surface area contributed by atoms with E-state index in [-0.39, 0.29) is 17.9 Å². The second-order valence-corrected chi connectivity index (χ2v) is 12.4. The molecule has 8 nitrogen and oxygen atoms in total. The van der Waals surface area contributed by atoms with Gasteiger partial charge in [-0.2, -0.15) is 0 Å². The van der Waals surface area contributed by atoms with Crippen LogP contribution in [0.3, 0.4) is 0 Å². The predicted octanol–water partition coefficient (Wildman–Crippen LogP) is 5.14. The second-order valence-electron chi connectivity index (χ2n) is 12.0. The molecule has 3 amide bonds. The van der Waals surface area contributed by atoms with Crippen molar-refractivity contribution in [1.82, 2.24) is 14.7 Å². The van der Waals surface area contributed by atoms with E-state index in [1.54, 1.807) is 22.8 Å². The first-order valence-electron chi connectivity index (χ1n) is 14.9. The minimum atomic E-state index is -0.392. The van der Waals surface area contributed by atoms with Gasteiger partial charge in [-0.15, -0.1) is 0 Å². The molecule has 0 saturated carbocycles. The minimum absolute atomic E-state index is 0.0442. The van der Waals surface area contributed by atoms with Gasteiger partial charge in [-0.05, 0) is 74.0 Å². The van der Waals surface area contributed by atoms with Gasteiger partial charge in [-0.25, -0.2) is 9.18 Å². The zero-order valence-corrected chi connectivity index (χ0v) is 25.4. The molecule has 3 aliphatic rings. The zero-order valence-electron chi connectivity index (χ0n) is 24.7. The summed E-state index contributed by atoms with van der Waals surface area (Å²) in [6.45, 7) is 11.0. The molecule has 2 unspecified atom stereocenters. The molecule has 0 aliphatic carbocycles. The summed E-state index contributed by atoms with van der Waals surface area (Å²) in [5, 5.41) is 0.597. The highest BCUT2D eigenvalue weighted by atomic mass is 35.5. The van der Waals surface area contributed by atoms with Gasteiger partial charge in [-0.3, -0.25) is 14.5 Å². The molecule has 3 aliphatic heterocycles. The number of rotatable bonds is 7. The first kappa shape index (κ1) is 30.3. The molecule has 3 heterocycles. The van der Waals surface area contributed by atoms with E-state index in [1.165, 1.54) is 12.1 Å². The van der Waals surface area contributed by atoms with Crippen LogP contribution in [0.15, 0.2) is 36.4 Å². The molecule has 2 aromatic carbocycles. The van der Waals surface area contributed by atoms with E-state index in [2.05, 4.69) is 4.90 Å². The Bertz CT molecular complexity index is 1320. The van der Waals surface area contributed by atoms with Crippen molar-refractivity contribution in [2.75, 3.05) is 57.3 Å². The number of nitrogens with zero attached hydrogens (tertiary/aromatic N) is 4. The Balaban J connectivity index is 1.15. The number of likely N-dealkylation sites (tertiary alicyclic amines) is 3. The zero-order chi connectivity index (χ0) is 30.0. The van der Waals surface area contributed by atoms with Gasteiger partial charge in [0.2, 0.25) is 5.91 Å². The molecular weight excluding hydrogens is 559 g/mol. The quantitative estimate of drug-likeness (QED) is 0.441. The maximum Gasteiger partial charge on any atom is 0.414 e. The largest absolute Gasteiger partial charge is 0.446 e. The van der Waals surface area contributed by atoms with Crippen LogP contribution < -0.4 is 4.90 Å². The Morgan fingerprint density at radius 2 is 1.62 bits per heavy atom. The van der Waals surface area contributed by atoms with E-state index in [0.29, 0.717) is 73.7 Å². The summed E-state index contributed by atoms with van der Waals surface area (Å²) in [4.78, 5) is 45.9. The van der Waals surface area contributed by atoms with E-state index in [1.807, 2.05) is 36.9 Å². The molecule has 5 rings (SSSR count). The van der Waals surface area contributed by atoms with E-state index >= 15 is 0 Å². The van der Waals surface area contributed by atoms with Crippen molar-refractivity contribution in [2.24, 2.45) is 11.8 Å². The van der Waals surface area contributed by atoms with E-state index in [4.69, 9.17) is 16.3 Å². The highest BCUT2D eigenvalue weighted by Gasteiger charge is 2.41. The number of carbonyl (C=O) groups excluding carboxylic acids is 3. The van der Waals surface area contributed by atoms with Crippen molar-refractivity contribution >= 4 is 35.2 Å². The molecule has 3 saturated heterocycles. The molecule has 42 heavy (non-hydrogen) atoms. The first-order valence-corrected chi connectivity index (χ1v) is 15.2. The molecule has 226 valence electrons. The van der Waals surface area contributed by atoms with Crippen LogP contribution in [0.2, 0.25) is 5.02 Å². The lowest BCUT2D eigenvalue weighted by Crippen LogP contribution is -2.43.